The largest absolute Gasteiger partial charge is 0.491 e. The van der Waals surface area contributed by atoms with Gasteiger partial charge in [-0.25, -0.2) is 0 Å². The summed E-state index contributed by atoms with van der Waals surface area (Å²) in [4.78, 5) is 11.6. The van der Waals surface area contributed by atoms with Gasteiger partial charge in [0, 0.05) is 24.8 Å². The molecule has 0 spiro atoms. The summed E-state index contributed by atoms with van der Waals surface area (Å²) in [5.74, 6) is 0.780. The maximum Gasteiger partial charge on any atom is 0.251 e. The molecule has 1 N–H and O–H groups in total. The van der Waals surface area contributed by atoms with Crippen LogP contribution < -0.4 is 10.1 Å². The van der Waals surface area contributed by atoms with Crippen molar-refractivity contribution in [2.45, 2.75) is 6.42 Å². The van der Waals surface area contributed by atoms with Crippen LogP contribution in [0.1, 0.15) is 15.9 Å². The summed E-state index contributed by atoms with van der Waals surface area (Å²) in [7, 11) is 1.64. The van der Waals surface area contributed by atoms with Crippen LogP contribution in [0.15, 0.2) is 18.2 Å². The molecule has 1 aliphatic rings. The van der Waals surface area contributed by atoms with E-state index in [0.717, 1.165) is 23.3 Å². The second-order valence-corrected chi connectivity index (χ2v) is 3.63. The Bertz CT molecular complexity index is 390. The Morgan fingerprint density at radius 3 is 3.06 bits per heavy atom. The smallest absolute Gasteiger partial charge is 0.251 e. The van der Waals surface area contributed by atoms with Gasteiger partial charge in [0.15, 0.2) is 0 Å². The van der Waals surface area contributed by atoms with Gasteiger partial charge in [-0.2, -0.15) is 0 Å². The molecule has 0 aliphatic carbocycles. The van der Waals surface area contributed by atoms with E-state index >= 15 is 0 Å². The molecular formula is C12H15NO3. The minimum atomic E-state index is -0.0153. The second-order valence-electron chi connectivity index (χ2n) is 3.63. The summed E-state index contributed by atoms with van der Waals surface area (Å²) in [6, 6.07) is 5.56. The molecule has 0 saturated carbocycles. The lowest BCUT2D eigenvalue weighted by Crippen LogP contribution is -2.32. The molecule has 2 rings (SSSR count). The van der Waals surface area contributed by atoms with Gasteiger partial charge in [-0.3, -0.25) is 4.79 Å². The fraction of sp³-hybridized carbons (Fsp3) is 0.417. The predicted molar refractivity (Wildman–Crippen MR) is 59.9 cm³/mol. The number of benzene rings is 1. The molecule has 1 heterocycles. The van der Waals surface area contributed by atoms with E-state index in [9.17, 15) is 4.79 Å². The van der Waals surface area contributed by atoms with Gasteiger partial charge >= 0.3 is 0 Å². The van der Waals surface area contributed by atoms with Gasteiger partial charge in [0.25, 0.3) is 5.91 Å². The number of ether oxygens (including phenoxy) is 2. The van der Waals surface area contributed by atoms with Gasteiger partial charge in [-0.15, -0.1) is 0 Å². The lowest BCUT2D eigenvalue weighted by atomic mass is 9.99. The molecule has 0 fully saturated rings. The molecule has 0 aromatic heterocycles. The lowest BCUT2D eigenvalue weighted by Gasteiger charge is -2.19. The minimum Gasteiger partial charge on any atom is -0.491 e. The number of hydrogen-bond donors (Lipinski definition) is 1. The first-order valence-electron chi connectivity index (χ1n) is 5.34. The molecule has 0 radical (unpaired) electrons. The number of methoxy groups -OCH3 is 1. The van der Waals surface area contributed by atoms with E-state index in [1.54, 1.807) is 7.11 Å². The van der Waals surface area contributed by atoms with Crippen LogP contribution in [0.3, 0.4) is 0 Å². The Morgan fingerprint density at radius 2 is 2.25 bits per heavy atom. The van der Waals surface area contributed by atoms with Crippen LogP contribution in [-0.4, -0.2) is 32.8 Å². The van der Waals surface area contributed by atoms with Crippen molar-refractivity contribution in [3.63, 3.8) is 0 Å². The molecule has 4 nitrogen and oxygen atoms in total. The minimum absolute atomic E-state index is 0.0153. The van der Waals surface area contributed by atoms with Crippen LogP contribution >= 0.6 is 0 Å². The zero-order valence-electron chi connectivity index (χ0n) is 9.29. The van der Waals surface area contributed by atoms with Crippen molar-refractivity contribution in [1.82, 2.24) is 5.32 Å². The first kappa shape index (κ1) is 11.0. The van der Waals surface area contributed by atoms with Crippen LogP contribution in [0.2, 0.25) is 0 Å². The summed E-state index contributed by atoms with van der Waals surface area (Å²) in [5.41, 5.74) is 1.73. The number of carbonyl (C=O) groups is 1. The maximum absolute atomic E-state index is 11.6. The Hall–Kier alpha value is -1.55. The molecular weight excluding hydrogens is 206 g/mol. The highest BCUT2D eigenvalue weighted by Gasteiger charge is 2.19. The fourth-order valence-electron chi connectivity index (χ4n) is 1.80. The van der Waals surface area contributed by atoms with E-state index < -0.39 is 0 Å². The Labute approximate surface area is 94.6 Å². The van der Waals surface area contributed by atoms with E-state index in [1.807, 2.05) is 18.2 Å². The molecule has 0 saturated heterocycles. The normalized spacial score (nSPS) is 14.2. The van der Waals surface area contributed by atoms with Crippen molar-refractivity contribution in [2.24, 2.45) is 0 Å². The predicted octanol–water partition coefficient (Wildman–Crippen LogP) is 0.998. The highest BCUT2D eigenvalue weighted by atomic mass is 16.5. The molecule has 0 bridgehead atoms. The van der Waals surface area contributed by atoms with Crippen LogP contribution in [0.5, 0.6) is 5.75 Å². The van der Waals surface area contributed by atoms with Crippen LogP contribution in [-0.2, 0) is 11.2 Å². The van der Waals surface area contributed by atoms with Crippen LogP contribution in [0.4, 0.5) is 0 Å². The highest BCUT2D eigenvalue weighted by Crippen LogP contribution is 2.25. The van der Waals surface area contributed by atoms with E-state index in [1.165, 1.54) is 0 Å². The molecule has 1 amide bonds. The van der Waals surface area contributed by atoms with Crippen molar-refractivity contribution >= 4 is 5.91 Å². The van der Waals surface area contributed by atoms with Crippen molar-refractivity contribution in [3.05, 3.63) is 29.3 Å². The van der Waals surface area contributed by atoms with E-state index in [-0.39, 0.29) is 5.91 Å². The lowest BCUT2D eigenvalue weighted by molar-refractivity contribution is 0.0944. The Kier molecular flexibility index (Phi) is 3.41. The summed E-state index contributed by atoms with van der Waals surface area (Å²) in [6.45, 7) is 1.74. The molecule has 86 valence electrons. The topological polar surface area (TPSA) is 47.6 Å². The van der Waals surface area contributed by atoms with Gasteiger partial charge in [0.2, 0.25) is 0 Å². The van der Waals surface area contributed by atoms with Gasteiger partial charge in [-0.1, -0.05) is 6.07 Å². The fourth-order valence-corrected chi connectivity index (χ4v) is 1.80. The van der Waals surface area contributed by atoms with Gasteiger partial charge < -0.3 is 14.8 Å². The van der Waals surface area contributed by atoms with Crippen LogP contribution in [0, 0.1) is 0 Å². The number of carbonyl (C=O) groups excluding carboxylic acids is 1. The average Bonchev–Trinajstić information content (AvgIpc) is 2.31. The number of fused-ring (bicyclic) bond motifs is 1. The zero-order valence-corrected chi connectivity index (χ0v) is 9.29. The average molecular weight is 221 g/mol. The molecule has 0 unspecified atom stereocenters. The van der Waals surface area contributed by atoms with Gasteiger partial charge in [-0.05, 0) is 18.6 Å². The second kappa shape index (κ2) is 4.99. The molecule has 4 heteroatoms. The Balaban J connectivity index is 2.19. The van der Waals surface area contributed by atoms with Gasteiger partial charge in [0.05, 0.1) is 6.61 Å². The zero-order chi connectivity index (χ0) is 11.4. The number of nitrogens with one attached hydrogen (secondary N) is 1. The summed E-state index contributed by atoms with van der Waals surface area (Å²) in [5, 5.41) is 2.81. The maximum atomic E-state index is 11.6. The van der Waals surface area contributed by atoms with Crippen molar-refractivity contribution < 1.29 is 14.3 Å². The number of amides is 1. The van der Waals surface area contributed by atoms with Gasteiger partial charge in [0.1, 0.15) is 12.4 Å². The number of rotatable bonds is 4. The molecule has 0 atom stereocenters. The van der Waals surface area contributed by atoms with Crippen molar-refractivity contribution in [1.29, 1.82) is 0 Å². The third-order valence-electron chi connectivity index (χ3n) is 2.58. The monoisotopic (exact) mass is 221 g/mol. The van der Waals surface area contributed by atoms with E-state index in [2.05, 4.69) is 5.32 Å². The van der Waals surface area contributed by atoms with E-state index in [4.69, 9.17) is 9.47 Å². The first-order chi connectivity index (χ1) is 7.83. The summed E-state index contributed by atoms with van der Waals surface area (Å²) in [6.07, 6.45) is 0.824. The quantitative estimate of drug-likeness (QED) is 0.771. The molecule has 1 aromatic carbocycles. The number of hydrogen-bond acceptors (Lipinski definition) is 3. The summed E-state index contributed by atoms with van der Waals surface area (Å²) < 4.78 is 10.5. The third kappa shape index (κ3) is 2.17. The highest BCUT2D eigenvalue weighted by molar-refractivity contribution is 5.97. The van der Waals surface area contributed by atoms with Crippen molar-refractivity contribution in [2.75, 3.05) is 26.9 Å². The molecule has 1 aromatic rings. The van der Waals surface area contributed by atoms with Crippen LogP contribution in [0.25, 0.3) is 0 Å². The third-order valence-corrected chi connectivity index (χ3v) is 2.58. The SMILES string of the molecule is COCCOc1cccc2c1CCNC2=O. The van der Waals surface area contributed by atoms with E-state index in [0.29, 0.717) is 19.8 Å². The molecule has 16 heavy (non-hydrogen) atoms. The Morgan fingerprint density at radius 1 is 1.38 bits per heavy atom. The molecule has 1 aliphatic heterocycles. The summed E-state index contributed by atoms with van der Waals surface area (Å²) >= 11 is 0. The standard InChI is InChI=1S/C12H15NO3/c1-15-7-8-16-11-4-2-3-10-9(11)5-6-13-12(10)14/h2-4H,5-8H2,1H3,(H,13,14). The first-order valence-corrected chi connectivity index (χ1v) is 5.34. The van der Waals surface area contributed by atoms with Crippen molar-refractivity contribution in [3.8, 4) is 5.75 Å².